The number of benzene rings is 2. The molecule has 0 radical (unpaired) electrons. The van der Waals surface area contributed by atoms with Crippen molar-refractivity contribution in [2.24, 2.45) is 0 Å². The first-order valence-corrected chi connectivity index (χ1v) is 11.4. The quantitative estimate of drug-likeness (QED) is 0.298. The molecule has 1 fully saturated rings. The molecule has 1 N–H and O–H groups in total. The number of nitrogens with zero attached hydrogens (tertiary/aromatic N) is 1. The van der Waals surface area contributed by atoms with Crippen LogP contribution in [0.15, 0.2) is 47.4 Å². The second-order valence-corrected chi connectivity index (χ2v) is 8.92. The van der Waals surface area contributed by atoms with Crippen LogP contribution in [0.3, 0.4) is 0 Å². The van der Waals surface area contributed by atoms with Crippen molar-refractivity contribution < 1.29 is 29.0 Å². The molecule has 33 heavy (non-hydrogen) atoms. The fraction of sp³-hybridized carbons (Fsp3) is 0.250. The lowest BCUT2D eigenvalue weighted by Gasteiger charge is -2.13. The third-order valence-corrected chi connectivity index (χ3v) is 6.28. The molecule has 1 saturated heterocycles. The van der Waals surface area contributed by atoms with Gasteiger partial charge in [0.05, 0.1) is 17.6 Å². The SMILES string of the molecule is COc1ccc(/C=C2\SC(=S)N(CCCC(=O)O)C2=O)cc1COc1ccccc1C(C)=O. The molecule has 0 spiro atoms. The normalized spacial score (nSPS) is 14.6. The van der Waals surface area contributed by atoms with E-state index in [1.807, 2.05) is 12.1 Å². The predicted molar refractivity (Wildman–Crippen MR) is 131 cm³/mol. The predicted octanol–water partition coefficient (Wildman–Crippen LogP) is 4.54. The van der Waals surface area contributed by atoms with Gasteiger partial charge in [-0.05, 0) is 49.2 Å². The highest BCUT2D eigenvalue weighted by molar-refractivity contribution is 8.26. The number of para-hydroxylation sites is 1. The van der Waals surface area contributed by atoms with Gasteiger partial charge in [-0.15, -0.1) is 0 Å². The van der Waals surface area contributed by atoms with E-state index in [0.717, 1.165) is 11.1 Å². The summed E-state index contributed by atoms with van der Waals surface area (Å²) >= 11 is 6.48. The number of aliphatic carboxylic acids is 1. The number of carbonyl (C=O) groups is 3. The number of hydrogen-bond donors (Lipinski definition) is 1. The van der Waals surface area contributed by atoms with E-state index in [4.69, 9.17) is 26.8 Å². The topological polar surface area (TPSA) is 93.1 Å². The lowest BCUT2D eigenvalue weighted by atomic mass is 10.1. The average molecular weight is 486 g/mol. The van der Waals surface area contributed by atoms with Gasteiger partial charge in [-0.25, -0.2) is 0 Å². The third-order valence-electron chi connectivity index (χ3n) is 4.90. The largest absolute Gasteiger partial charge is 0.496 e. The third kappa shape index (κ3) is 6.21. The zero-order valence-electron chi connectivity index (χ0n) is 18.2. The maximum absolute atomic E-state index is 12.7. The first kappa shape index (κ1) is 24.5. The zero-order chi connectivity index (χ0) is 24.0. The van der Waals surface area contributed by atoms with Gasteiger partial charge in [0.2, 0.25) is 0 Å². The van der Waals surface area contributed by atoms with Crippen LogP contribution in [-0.2, 0) is 16.2 Å². The molecule has 3 rings (SSSR count). The molecule has 0 saturated carbocycles. The fourth-order valence-electron chi connectivity index (χ4n) is 3.27. The van der Waals surface area contributed by atoms with E-state index in [2.05, 4.69) is 0 Å². The van der Waals surface area contributed by atoms with Gasteiger partial charge in [0.15, 0.2) is 5.78 Å². The van der Waals surface area contributed by atoms with Crippen LogP contribution in [0.1, 0.15) is 41.3 Å². The Morgan fingerprint density at radius 2 is 1.94 bits per heavy atom. The van der Waals surface area contributed by atoms with Crippen molar-refractivity contribution in [1.82, 2.24) is 4.90 Å². The number of amides is 1. The Kier molecular flexibility index (Phi) is 8.24. The number of carboxylic acid groups (broad SMARTS) is 1. The van der Waals surface area contributed by atoms with Crippen molar-refractivity contribution in [3.63, 3.8) is 0 Å². The Hall–Kier alpha value is -3.17. The standard InChI is InChI=1S/C24H23NO6S2/c1-15(26)18-6-3-4-7-20(18)31-14-17-12-16(9-10-19(17)30-2)13-21-23(29)25(24(32)33-21)11-5-8-22(27)28/h3-4,6-7,9-10,12-13H,5,8,11,14H2,1-2H3,(H,27,28)/b21-13-. The highest BCUT2D eigenvalue weighted by Crippen LogP contribution is 2.33. The van der Waals surface area contributed by atoms with Crippen molar-refractivity contribution in [3.8, 4) is 11.5 Å². The Balaban J connectivity index is 1.77. The number of ketones is 1. The van der Waals surface area contributed by atoms with Crippen molar-refractivity contribution in [1.29, 1.82) is 0 Å². The molecule has 172 valence electrons. The molecule has 2 aromatic rings. The molecule has 9 heteroatoms. The highest BCUT2D eigenvalue weighted by Gasteiger charge is 2.31. The Labute approximate surface area is 201 Å². The first-order valence-electron chi connectivity index (χ1n) is 10.2. The second kappa shape index (κ2) is 11.1. The smallest absolute Gasteiger partial charge is 0.303 e. The van der Waals surface area contributed by atoms with Gasteiger partial charge in [-0.1, -0.05) is 42.2 Å². The van der Waals surface area contributed by atoms with Crippen LogP contribution >= 0.6 is 24.0 Å². The molecule has 1 aliphatic heterocycles. The molecular formula is C24H23NO6S2. The molecule has 0 aromatic heterocycles. The van der Waals surface area contributed by atoms with Crippen molar-refractivity contribution in [2.75, 3.05) is 13.7 Å². The molecular weight excluding hydrogens is 462 g/mol. The van der Waals surface area contributed by atoms with Gasteiger partial charge in [-0.2, -0.15) is 0 Å². The van der Waals surface area contributed by atoms with E-state index in [9.17, 15) is 14.4 Å². The maximum atomic E-state index is 12.7. The van der Waals surface area contributed by atoms with Crippen LogP contribution in [0.25, 0.3) is 6.08 Å². The van der Waals surface area contributed by atoms with Crippen molar-refractivity contribution >= 4 is 52.0 Å². The Morgan fingerprint density at radius 3 is 2.64 bits per heavy atom. The number of ether oxygens (including phenoxy) is 2. The molecule has 7 nitrogen and oxygen atoms in total. The molecule has 1 amide bonds. The van der Waals surface area contributed by atoms with Crippen LogP contribution in [0.2, 0.25) is 0 Å². The number of Topliss-reactive ketones (excluding diaryl/α,β-unsaturated/α-hetero) is 1. The van der Waals surface area contributed by atoms with Crippen molar-refractivity contribution in [2.45, 2.75) is 26.4 Å². The summed E-state index contributed by atoms with van der Waals surface area (Å²) in [6, 6.07) is 12.5. The van der Waals surface area contributed by atoms with Gasteiger partial charge < -0.3 is 14.6 Å². The number of carbonyl (C=O) groups excluding carboxylic acids is 2. The van der Waals surface area contributed by atoms with Crippen LogP contribution in [0.4, 0.5) is 0 Å². The van der Waals surface area contributed by atoms with E-state index >= 15 is 0 Å². The zero-order valence-corrected chi connectivity index (χ0v) is 19.8. The summed E-state index contributed by atoms with van der Waals surface area (Å²) in [4.78, 5) is 37.2. The lowest BCUT2D eigenvalue weighted by Crippen LogP contribution is -2.29. The minimum atomic E-state index is -0.908. The van der Waals surface area contributed by atoms with E-state index in [1.54, 1.807) is 43.5 Å². The molecule has 1 heterocycles. The van der Waals surface area contributed by atoms with Gasteiger partial charge >= 0.3 is 5.97 Å². The van der Waals surface area contributed by atoms with Gasteiger partial charge in [0.25, 0.3) is 5.91 Å². The number of carboxylic acids is 1. The average Bonchev–Trinajstić information content (AvgIpc) is 3.05. The van der Waals surface area contributed by atoms with Crippen LogP contribution in [-0.4, -0.2) is 45.6 Å². The first-order chi connectivity index (χ1) is 15.8. The molecule has 1 aliphatic rings. The number of thiocarbonyl (C=S) groups is 1. The molecule has 0 unspecified atom stereocenters. The van der Waals surface area contributed by atoms with E-state index in [0.29, 0.717) is 32.7 Å². The Morgan fingerprint density at radius 1 is 1.18 bits per heavy atom. The number of rotatable bonds is 10. The van der Waals surface area contributed by atoms with Crippen LogP contribution in [0, 0.1) is 0 Å². The molecule has 0 aliphatic carbocycles. The summed E-state index contributed by atoms with van der Waals surface area (Å²) in [6.45, 7) is 1.93. The van der Waals surface area contributed by atoms with E-state index in [1.165, 1.54) is 23.6 Å². The van der Waals surface area contributed by atoms with Gasteiger partial charge in [0.1, 0.15) is 22.4 Å². The minimum Gasteiger partial charge on any atom is -0.496 e. The summed E-state index contributed by atoms with van der Waals surface area (Å²) in [6.07, 6.45) is 2.05. The summed E-state index contributed by atoms with van der Waals surface area (Å²) < 4.78 is 11.8. The summed E-state index contributed by atoms with van der Waals surface area (Å²) in [7, 11) is 1.56. The second-order valence-electron chi connectivity index (χ2n) is 7.24. The van der Waals surface area contributed by atoms with E-state index in [-0.39, 0.29) is 31.3 Å². The summed E-state index contributed by atoms with van der Waals surface area (Å²) in [5.74, 6) is -0.126. The maximum Gasteiger partial charge on any atom is 0.303 e. The van der Waals surface area contributed by atoms with Gasteiger partial charge in [-0.3, -0.25) is 19.3 Å². The highest BCUT2D eigenvalue weighted by atomic mass is 32.2. The number of thioether (sulfide) groups is 1. The molecule has 0 bridgehead atoms. The lowest BCUT2D eigenvalue weighted by molar-refractivity contribution is -0.137. The monoisotopic (exact) mass is 485 g/mol. The van der Waals surface area contributed by atoms with E-state index < -0.39 is 5.97 Å². The van der Waals surface area contributed by atoms with Crippen LogP contribution < -0.4 is 9.47 Å². The minimum absolute atomic E-state index is 0.0231. The number of methoxy groups -OCH3 is 1. The Bertz CT molecular complexity index is 1130. The fourth-order valence-corrected chi connectivity index (χ4v) is 4.58. The summed E-state index contributed by atoms with van der Waals surface area (Å²) in [5.41, 5.74) is 2.01. The van der Waals surface area contributed by atoms with Crippen molar-refractivity contribution in [3.05, 3.63) is 64.1 Å². The number of hydrogen-bond acceptors (Lipinski definition) is 7. The molecule has 2 aromatic carbocycles. The summed E-state index contributed by atoms with van der Waals surface area (Å²) in [5, 5.41) is 8.80. The van der Waals surface area contributed by atoms with Gasteiger partial charge in [0, 0.05) is 18.5 Å². The molecule has 0 atom stereocenters. The van der Waals surface area contributed by atoms with Crippen LogP contribution in [0.5, 0.6) is 11.5 Å².